The second-order valence-corrected chi connectivity index (χ2v) is 5.63. The van der Waals surface area contributed by atoms with Gasteiger partial charge in [-0.05, 0) is 25.7 Å². The van der Waals surface area contributed by atoms with Gasteiger partial charge in [0.1, 0.15) is 4.88 Å². The summed E-state index contributed by atoms with van der Waals surface area (Å²) in [6.07, 6.45) is 2.14. The molecule has 1 aromatic rings. The minimum atomic E-state index is -0.893. The fourth-order valence-electron chi connectivity index (χ4n) is 2.14. The number of hydrogen-bond acceptors (Lipinski definition) is 5. The van der Waals surface area contributed by atoms with Crippen molar-refractivity contribution in [2.24, 2.45) is 5.92 Å². The van der Waals surface area contributed by atoms with Crippen molar-refractivity contribution in [3.05, 3.63) is 10.6 Å². The van der Waals surface area contributed by atoms with Crippen LogP contribution in [-0.4, -0.2) is 42.9 Å². The van der Waals surface area contributed by atoms with Crippen LogP contribution in [0.5, 0.6) is 0 Å². The molecular formula is C12H18N2O3S. The maximum Gasteiger partial charge on any atom is 0.347 e. The van der Waals surface area contributed by atoms with Gasteiger partial charge in [0.2, 0.25) is 0 Å². The van der Waals surface area contributed by atoms with Crippen LogP contribution in [0.1, 0.15) is 28.2 Å². The van der Waals surface area contributed by atoms with Crippen LogP contribution in [0.2, 0.25) is 0 Å². The van der Waals surface area contributed by atoms with Crippen LogP contribution >= 0.6 is 11.3 Å². The number of rotatable bonds is 4. The zero-order valence-electron chi connectivity index (χ0n) is 10.7. The van der Waals surface area contributed by atoms with Gasteiger partial charge in [-0.1, -0.05) is 11.3 Å². The van der Waals surface area contributed by atoms with Gasteiger partial charge in [-0.25, -0.2) is 9.78 Å². The van der Waals surface area contributed by atoms with E-state index in [2.05, 4.69) is 9.88 Å². The van der Waals surface area contributed by atoms with E-state index in [9.17, 15) is 4.79 Å². The Morgan fingerprint density at radius 2 is 2.22 bits per heavy atom. The Morgan fingerprint density at radius 1 is 1.56 bits per heavy atom. The molecule has 0 spiro atoms. The fraction of sp³-hybridized carbons (Fsp3) is 0.667. The number of anilines is 1. The smallest absolute Gasteiger partial charge is 0.347 e. The normalized spacial score (nSPS) is 16.8. The van der Waals surface area contributed by atoms with Gasteiger partial charge in [0.25, 0.3) is 0 Å². The summed E-state index contributed by atoms with van der Waals surface area (Å²) in [4.78, 5) is 17.7. The zero-order chi connectivity index (χ0) is 13.1. The molecule has 0 aliphatic carbocycles. The molecule has 1 aliphatic rings. The van der Waals surface area contributed by atoms with E-state index in [-0.39, 0.29) is 0 Å². The lowest BCUT2D eigenvalue weighted by molar-refractivity contribution is 0.0684. The molecule has 1 aromatic heterocycles. The van der Waals surface area contributed by atoms with Crippen LogP contribution in [0.15, 0.2) is 0 Å². The summed E-state index contributed by atoms with van der Waals surface area (Å²) in [6, 6.07) is 0. The van der Waals surface area contributed by atoms with Crippen molar-refractivity contribution in [1.82, 2.24) is 4.98 Å². The number of aryl methyl sites for hydroxylation is 1. The van der Waals surface area contributed by atoms with Crippen molar-refractivity contribution >= 4 is 22.4 Å². The third kappa shape index (κ3) is 3.00. The summed E-state index contributed by atoms with van der Waals surface area (Å²) in [6.45, 7) is 4.31. The number of aromatic carboxylic acids is 1. The minimum Gasteiger partial charge on any atom is -0.477 e. The van der Waals surface area contributed by atoms with E-state index in [1.54, 1.807) is 6.92 Å². The van der Waals surface area contributed by atoms with E-state index in [1.165, 1.54) is 11.3 Å². The summed E-state index contributed by atoms with van der Waals surface area (Å²) in [5.41, 5.74) is 0.598. The van der Waals surface area contributed by atoms with Crippen LogP contribution in [-0.2, 0) is 4.74 Å². The fourth-order valence-corrected chi connectivity index (χ4v) is 3.01. The van der Waals surface area contributed by atoms with Gasteiger partial charge in [0, 0.05) is 26.8 Å². The number of thiazole rings is 1. The second kappa shape index (κ2) is 5.67. The Hall–Kier alpha value is -1.14. The van der Waals surface area contributed by atoms with E-state index in [0.29, 0.717) is 16.5 Å². The number of carboxylic acids is 1. The van der Waals surface area contributed by atoms with Crippen LogP contribution in [0.3, 0.4) is 0 Å². The van der Waals surface area contributed by atoms with Gasteiger partial charge in [0.05, 0.1) is 5.69 Å². The first-order chi connectivity index (χ1) is 8.58. The van der Waals surface area contributed by atoms with E-state index >= 15 is 0 Å². The average molecular weight is 270 g/mol. The number of nitrogens with zero attached hydrogens (tertiary/aromatic N) is 2. The highest BCUT2D eigenvalue weighted by molar-refractivity contribution is 7.17. The van der Waals surface area contributed by atoms with E-state index in [4.69, 9.17) is 9.84 Å². The van der Waals surface area contributed by atoms with Gasteiger partial charge < -0.3 is 14.7 Å². The zero-order valence-corrected chi connectivity index (χ0v) is 11.5. The predicted molar refractivity (Wildman–Crippen MR) is 70.6 cm³/mol. The van der Waals surface area contributed by atoms with Gasteiger partial charge in [-0.15, -0.1) is 0 Å². The molecule has 18 heavy (non-hydrogen) atoms. The monoisotopic (exact) mass is 270 g/mol. The molecule has 2 rings (SSSR count). The predicted octanol–water partition coefficient (Wildman–Crippen LogP) is 2.01. The molecule has 6 heteroatoms. The quantitative estimate of drug-likeness (QED) is 0.906. The standard InChI is InChI=1S/C12H18N2O3S/c1-8-10(11(15)16)18-12(13-8)14(2)7-9-3-5-17-6-4-9/h9H,3-7H2,1-2H3,(H,15,16). The van der Waals surface area contributed by atoms with Crippen molar-refractivity contribution in [3.8, 4) is 0 Å². The van der Waals surface area contributed by atoms with E-state index in [1.807, 2.05) is 7.05 Å². The lowest BCUT2D eigenvalue weighted by Crippen LogP contribution is -2.29. The summed E-state index contributed by atoms with van der Waals surface area (Å²) < 4.78 is 5.33. The molecule has 0 bridgehead atoms. The minimum absolute atomic E-state index is 0.337. The van der Waals surface area contributed by atoms with E-state index < -0.39 is 5.97 Å². The highest BCUT2D eigenvalue weighted by atomic mass is 32.1. The molecule has 100 valence electrons. The largest absolute Gasteiger partial charge is 0.477 e. The molecular weight excluding hydrogens is 252 g/mol. The van der Waals surface area contributed by atoms with Gasteiger partial charge in [-0.2, -0.15) is 0 Å². The molecule has 1 N–H and O–H groups in total. The van der Waals surface area contributed by atoms with Crippen molar-refractivity contribution in [2.75, 3.05) is 31.7 Å². The molecule has 1 fully saturated rings. The van der Waals surface area contributed by atoms with Crippen LogP contribution < -0.4 is 4.90 Å². The second-order valence-electron chi connectivity index (χ2n) is 4.65. The van der Waals surface area contributed by atoms with Crippen molar-refractivity contribution in [2.45, 2.75) is 19.8 Å². The Morgan fingerprint density at radius 3 is 2.78 bits per heavy atom. The highest BCUT2D eigenvalue weighted by Gasteiger charge is 2.20. The number of carbonyl (C=O) groups is 1. The Balaban J connectivity index is 2.01. The van der Waals surface area contributed by atoms with Crippen LogP contribution in [0.25, 0.3) is 0 Å². The molecule has 0 saturated carbocycles. The highest BCUT2D eigenvalue weighted by Crippen LogP contribution is 2.27. The average Bonchev–Trinajstić information content (AvgIpc) is 2.73. The summed E-state index contributed by atoms with van der Waals surface area (Å²) in [5.74, 6) is -0.281. The summed E-state index contributed by atoms with van der Waals surface area (Å²) in [7, 11) is 1.97. The van der Waals surface area contributed by atoms with Crippen molar-refractivity contribution in [3.63, 3.8) is 0 Å². The van der Waals surface area contributed by atoms with Crippen molar-refractivity contribution < 1.29 is 14.6 Å². The molecule has 1 aliphatic heterocycles. The Bertz CT molecular complexity index is 427. The van der Waals surface area contributed by atoms with Crippen molar-refractivity contribution in [1.29, 1.82) is 0 Å². The van der Waals surface area contributed by atoms with Gasteiger partial charge in [0.15, 0.2) is 5.13 Å². The first-order valence-electron chi connectivity index (χ1n) is 6.07. The topological polar surface area (TPSA) is 62.7 Å². The first kappa shape index (κ1) is 13.3. The Labute approximate surface area is 110 Å². The summed E-state index contributed by atoms with van der Waals surface area (Å²) >= 11 is 1.25. The van der Waals surface area contributed by atoms with Gasteiger partial charge in [-0.3, -0.25) is 0 Å². The molecule has 5 nitrogen and oxygen atoms in total. The lowest BCUT2D eigenvalue weighted by atomic mass is 10.0. The van der Waals surface area contributed by atoms with Crippen LogP contribution in [0, 0.1) is 12.8 Å². The molecule has 0 aromatic carbocycles. The maximum atomic E-state index is 11.0. The number of carboxylic acid groups (broad SMARTS) is 1. The summed E-state index contributed by atoms with van der Waals surface area (Å²) in [5, 5.41) is 9.81. The number of aromatic nitrogens is 1. The molecule has 0 atom stereocenters. The first-order valence-corrected chi connectivity index (χ1v) is 6.89. The third-order valence-corrected chi connectivity index (χ3v) is 4.44. The molecule has 1 saturated heterocycles. The molecule has 0 unspecified atom stereocenters. The molecule has 0 radical (unpaired) electrons. The maximum absolute atomic E-state index is 11.0. The lowest BCUT2D eigenvalue weighted by Gasteiger charge is -2.26. The van der Waals surface area contributed by atoms with Crippen LogP contribution in [0.4, 0.5) is 5.13 Å². The number of ether oxygens (including phenoxy) is 1. The van der Waals surface area contributed by atoms with E-state index in [0.717, 1.165) is 37.7 Å². The number of hydrogen-bond donors (Lipinski definition) is 1. The Kier molecular flexibility index (Phi) is 4.19. The molecule has 2 heterocycles. The molecule has 0 amide bonds. The SMILES string of the molecule is Cc1nc(N(C)CC2CCOCC2)sc1C(=O)O. The third-order valence-electron chi connectivity index (χ3n) is 3.18. The van der Waals surface area contributed by atoms with Gasteiger partial charge >= 0.3 is 5.97 Å².